The largest absolute Gasteiger partial charge is 0.360 e. The van der Waals surface area contributed by atoms with Gasteiger partial charge in [-0.05, 0) is 23.6 Å². The summed E-state index contributed by atoms with van der Waals surface area (Å²) in [5.74, 6) is 0.192. The van der Waals surface area contributed by atoms with Gasteiger partial charge in [-0.15, -0.1) is 0 Å². The van der Waals surface area contributed by atoms with Crippen LogP contribution in [0, 0.1) is 0 Å². The maximum absolute atomic E-state index is 12.6. The van der Waals surface area contributed by atoms with Crippen molar-refractivity contribution in [3.05, 3.63) is 71.4 Å². The zero-order chi connectivity index (χ0) is 14.9. The summed E-state index contributed by atoms with van der Waals surface area (Å²) >= 11 is 0. The fourth-order valence-electron chi connectivity index (χ4n) is 3.28. The van der Waals surface area contributed by atoms with E-state index in [1.165, 1.54) is 11.1 Å². The van der Waals surface area contributed by atoms with E-state index in [9.17, 15) is 4.79 Å². The van der Waals surface area contributed by atoms with E-state index in [4.69, 9.17) is 0 Å². The Morgan fingerprint density at radius 2 is 1.82 bits per heavy atom. The maximum Gasteiger partial charge on any atom is 0.178 e. The lowest BCUT2D eigenvalue weighted by molar-refractivity contribution is 0.0923. The Labute approximate surface area is 129 Å². The number of carbonyl (C=O) groups is 1. The van der Waals surface area contributed by atoms with Crippen molar-refractivity contribution in [1.29, 1.82) is 0 Å². The Morgan fingerprint density at radius 1 is 1.05 bits per heavy atom. The molecule has 3 aromatic rings. The van der Waals surface area contributed by atoms with Crippen LogP contribution in [0.1, 0.15) is 21.5 Å². The Hall–Kier alpha value is -2.39. The number of Topliss-reactive ketones (excluding diaryl/α,β-unsaturated/α-hetero) is 1. The van der Waals surface area contributed by atoms with E-state index >= 15 is 0 Å². The fraction of sp³-hybridized carbons (Fsp3) is 0.211. The summed E-state index contributed by atoms with van der Waals surface area (Å²) in [6, 6.07) is 16.5. The van der Waals surface area contributed by atoms with Crippen molar-refractivity contribution in [1.82, 2.24) is 9.88 Å². The number of carbonyl (C=O) groups excluding carboxylic acids is 1. The van der Waals surface area contributed by atoms with Gasteiger partial charge < -0.3 is 4.98 Å². The van der Waals surface area contributed by atoms with Crippen LogP contribution in [-0.4, -0.2) is 28.8 Å². The molecule has 0 spiro atoms. The third-order valence-electron chi connectivity index (χ3n) is 4.47. The van der Waals surface area contributed by atoms with Crippen molar-refractivity contribution >= 4 is 16.7 Å². The van der Waals surface area contributed by atoms with Gasteiger partial charge in [0.25, 0.3) is 0 Å². The van der Waals surface area contributed by atoms with Crippen molar-refractivity contribution in [3.63, 3.8) is 0 Å². The second kappa shape index (κ2) is 5.43. The number of para-hydroxylation sites is 1. The van der Waals surface area contributed by atoms with E-state index in [0.717, 1.165) is 36.0 Å². The predicted octanol–water partition coefficient (Wildman–Crippen LogP) is 3.41. The second-order valence-corrected chi connectivity index (χ2v) is 5.90. The molecule has 2 aromatic carbocycles. The van der Waals surface area contributed by atoms with E-state index in [2.05, 4.69) is 34.1 Å². The normalized spacial score (nSPS) is 14.9. The quantitative estimate of drug-likeness (QED) is 0.750. The van der Waals surface area contributed by atoms with Crippen LogP contribution in [0.2, 0.25) is 0 Å². The molecule has 1 aromatic heterocycles. The molecule has 4 rings (SSSR count). The molecule has 3 nitrogen and oxygen atoms in total. The Balaban J connectivity index is 1.53. The lowest BCUT2D eigenvalue weighted by Gasteiger charge is -2.27. The minimum Gasteiger partial charge on any atom is -0.360 e. The summed E-state index contributed by atoms with van der Waals surface area (Å²) in [7, 11) is 0. The monoisotopic (exact) mass is 290 g/mol. The Bertz CT molecular complexity index is 834. The molecule has 0 aliphatic carbocycles. The number of hydrogen-bond acceptors (Lipinski definition) is 2. The van der Waals surface area contributed by atoms with E-state index in [1.807, 2.05) is 30.5 Å². The van der Waals surface area contributed by atoms with Crippen LogP contribution in [0.4, 0.5) is 0 Å². The molecule has 0 fully saturated rings. The van der Waals surface area contributed by atoms with Gasteiger partial charge in [0.2, 0.25) is 0 Å². The van der Waals surface area contributed by atoms with E-state index in [1.54, 1.807) is 0 Å². The van der Waals surface area contributed by atoms with Crippen LogP contribution in [0.15, 0.2) is 54.7 Å². The first-order valence-corrected chi connectivity index (χ1v) is 7.70. The van der Waals surface area contributed by atoms with Crippen LogP contribution >= 0.6 is 0 Å². The number of aromatic nitrogens is 1. The first kappa shape index (κ1) is 13.3. The van der Waals surface area contributed by atoms with Crippen molar-refractivity contribution in [3.8, 4) is 0 Å². The third kappa shape index (κ3) is 2.34. The Morgan fingerprint density at radius 3 is 2.73 bits per heavy atom. The number of nitrogens with one attached hydrogen (secondary N) is 1. The number of H-pyrrole nitrogens is 1. The molecule has 110 valence electrons. The lowest BCUT2D eigenvalue weighted by Crippen LogP contribution is -2.34. The molecular formula is C19H18N2O. The summed E-state index contributed by atoms with van der Waals surface area (Å²) in [5, 5.41) is 1.02. The van der Waals surface area contributed by atoms with Gasteiger partial charge in [0, 0.05) is 35.8 Å². The molecule has 0 saturated heterocycles. The summed E-state index contributed by atoms with van der Waals surface area (Å²) < 4.78 is 0. The first-order chi connectivity index (χ1) is 10.8. The summed E-state index contributed by atoms with van der Waals surface area (Å²) in [6.07, 6.45) is 2.86. The number of aromatic amines is 1. The average Bonchev–Trinajstić information content (AvgIpc) is 2.99. The number of ketones is 1. The molecule has 0 radical (unpaired) electrons. The SMILES string of the molecule is O=C(CN1CCc2ccccc2C1)c1c[nH]c2ccccc12. The summed E-state index contributed by atoms with van der Waals surface area (Å²) in [5.41, 5.74) is 4.59. The molecule has 0 unspecified atom stereocenters. The van der Waals surface area contributed by atoms with Gasteiger partial charge in [0.15, 0.2) is 5.78 Å². The summed E-state index contributed by atoms with van der Waals surface area (Å²) in [4.78, 5) is 18.1. The van der Waals surface area contributed by atoms with Crippen molar-refractivity contribution in [2.24, 2.45) is 0 Å². The topological polar surface area (TPSA) is 36.1 Å². The molecule has 0 atom stereocenters. The minimum atomic E-state index is 0.192. The molecule has 3 heteroatoms. The van der Waals surface area contributed by atoms with Gasteiger partial charge >= 0.3 is 0 Å². The highest BCUT2D eigenvalue weighted by molar-refractivity contribution is 6.08. The van der Waals surface area contributed by atoms with Crippen LogP contribution in [-0.2, 0) is 13.0 Å². The number of benzene rings is 2. The van der Waals surface area contributed by atoms with Gasteiger partial charge in [-0.2, -0.15) is 0 Å². The molecule has 1 aliphatic rings. The number of fused-ring (bicyclic) bond motifs is 2. The van der Waals surface area contributed by atoms with Crippen molar-refractivity contribution < 1.29 is 4.79 Å². The van der Waals surface area contributed by atoms with Gasteiger partial charge in [-0.3, -0.25) is 9.69 Å². The Kier molecular flexibility index (Phi) is 3.28. The first-order valence-electron chi connectivity index (χ1n) is 7.70. The van der Waals surface area contributed by atoms with E-state index < -0.39 is 0 Å². The molecule has 1 aliphatic heterocycles. The predicted molar refractivity (Wildman–Crippen MR) is 88.1 cm³/mol. The highest BCUT2D eigenvalue weighted by Crippen LogP contribution is 2.21. The number of nitrogens with zero attached hydrogens (tertiary/aromatic N) is 1. The third-order valence-corrected chi connectivity index (χ3v) is 4.47. The van der Waals surface area contributed by atoms with E-state index in [-0.39, 0.29) is 5.78 Å². The van der Waals surface area contributed by atoms with E-state index in [0.29, 0.717) is 6.54 Å². The van der Waals surface area contributed by atoms with Crippen molar-refractivity contribution in [2.75, 3.05) is 13.1 Å². The zero-order valence-electron chi connectivity index (χ0n) is 12.4. The van der Waals surface area contributed by atoms with Crippen molar-refractivity contribution in [2.45, 2.75) is 13.0 Å². The minimum absolute atomic E-state index is 0.192. The van der Waals surface area contributed by atoms with Crippen LogP contribution in [0.3, 0.4) is 0 Å². The lowest BCUT2D eigenvalue weighted by atomic mass is 9.99. The molecule has 22 heavy (non-hydrogen) atoms. The molecule has 0 saturated carbocycles. The van der Waals surface area contributed by atoms with Gasteiger partial charge in [-0.1, -0.05) is 42.5 Å². The van der Waals surface area contributed by atoms with Crippen LogP contribution in [0.25, 0.3) is 10.9 Å². The molecule has 2 heterocycles. The molecule has 0 bridgehead atoms. The zero-order valence-corrected chi connectivity index (χ0v) is 12.4. The smallest absolute Gasteiger partial charge is 0.178 e. The molecule has 1 N–H and O–H groups in total. The maximum atomic E-state index is 12.6. The fourth-order valence-corrected chi connectivity index (χ4v) is 3.28. The second-order valence-electron chi connectivity index (χ2n) is 5.90. The van der Waals surface area contributed by atoms with Gasteiger partial charge in [0.1, 0.15) is 0 Å². The average molecular weight is 290 g/mol. The van der Waals surface area contributed by atoms with Gasteiger partial charge in [-0.25, -0.2) is 0 Å². The molecular weight excluding hydrogens is 272 g/mol. The standard InChI is InChI=1S/C19H18N2O/c22-19(17-11-20-18-8-4-3-7-16(17)18)13-21-10-9-14-5-1-2-6-15(14)12-21/h1-8,11,20H,9-10,12-13H2. The highest BCUT2D eigenvalue weighted by Gasteiger charge is 2.20. The van der Waals surface area contributed by atoms with Crippen LogP contribution in [0.5, 0.6) is 0 Å². The highest BCUT2D eigenvalue weighted by atomic mass is 16.1. The van der Waals surface area contributed by atoms with Gasteiger partial charge in [0.05, 0.1) is 6.54 Å². The number of hydrogen-bond donors (Lipinski definition) is 1. The summed E-state index contributed by atoms with van der Waals surface area (Å²) in [6.45, 7) is 2.30. The number of rotatable bonds is 3. The molecule has 0 amide bonds. The van der Waals surface area contributed by atoms with Crippen LogP contribution < -0.4 is 0 Å².